The minimum absolute atomic E-state index is 0.0720. The van der Waals surface area contributed by atoms with Crippen molar-refractivity contribution in [3.05, 3.63) is 101 Å². The molecule has 1 atom stereocenters. The van der Waals surface area contributed by atoms with Crippen LogP contribution in [0.5, 0.6) is 0 Å². The average molecular weight is 344 g/mol. The molecule has 1 N–H and O–H groups in total. The third kappa shape index (κ3) is 5.03. The summed E-state index contributed by atoms with van der Waals surface area (Å²) in [5, 5.41) is 3.18. The molecule has 0 radical (unpaired) electrons. The second-order valence-corrected chi connectivity index (χ2v) is 6.53. The monoisotopic (exact) mass is 344 g/mol. The number of hydrogen-bond acceptors (Lipinski definition) is 2. The first-order chi connectivity index (χ1) is 12.7. The topological polar surface area (TPSA) is 42.0 Å². The van der Waals surface area contributed by atoms with Crippen LogP contribution in [0.25, 0.3) is 0 Å². The number of nitrogens with one attached hydrogen (secondary N) is 1. The van der Waals surface area contributed by atoms with E-state index in [2.05, 4.69) is 41.5 Å². The maximum absolute atomic E-state index is 12.5. The van der Waals surface area contributed by atoms with Crippen molar-refractivity contribution >= 4 is 5.91 Å². The molecule has 1 heterocycles. The molecular weight excluding hydrogens is 320 g/mol. The predicted octanol–water partition coefficient (Wildman–Crippen LogP) is 4.62. The molecule has 0 aliphatic heterocycles. The van der Waals surface area contributed by atoms with Gasteiger partial charge in [-0.05, 0) is 48.6 Å². The molecule has 2 aromatic carbocycles. The van der Waals surface area contributed by atoms with Crippen molar-refractivity contribution in [2.24, 2.45) is 0 Å². The molecule has 0 bridgehead atoms. The quantitative estimate of drug-likeness (QED) is 0.679. The van der Waals surface area contributed by atoms with Gasteiger partial charge < -0.3 is 5.32 Å². The molecule has 3 heteroatoms. The van der Waals surface area contributed by atoms with Gasteiger partial charge in [-0.15, -0.1) is 0 Å². The van der Waals surface area contributed by atoms with Crippen LogP contribution in [0.4, 0.5) is 0 Å². The molecule has 0 aliphatic carbocycles. The zero-order chi connectivity index (χ0) is 18.2. The summed E-state index contributed by atoms with van der Waals surface area (Å²) in [6, 6.07) is 22.3. The standard InChI is InChI=1S/C23H24N2O/c1-18-10-12-19(13-11-18)6-5-9-22(26)25-23(20-7-3-2-4-8-20)21-14-16-24-17-15-21/h2-4,7-8,10-17,23H,5-6,9H2,1H3,(H,25,26). The van der Waals surface area contributed by atoms with Gasteiger partial charge in [-0.3, -0.25) is 9.78 Å². The number of hydrogen-bond donors (Lipinski definition) is 1. The van der Waals surface area contributed by atoms with Gasteiger partial charge >= 0.3 is 0 Å². The Morgan fingerprint density at radius 1 is 0.923 bits per heavy atom. The molecule has 1 unspecified atom stereocenters. The van der Waals surface area contributed by atoms with Crippen molar-refractivity contribution in [1.29, 1.82) is 0 Å². The summed E-state index contributed by atoms with van der Waals surface area (Å²) in [5.41, 5.74) is 4.65. The van der Waals surface area contributed by atoms with Gasteiger partial charge in [-0.1, -0.05) is 60.2 Å². The first-order valence-electron chi connectivity index (χ1n) is 9.02. The second-order valence-electron chi connectivity index (χ2n) is 6.53. The van der Waals surface area contributed by atoms with E-state index >= 15 is 0 Å². The molecule has 1 aromatic heterocycles. The lowest BCUT2D eigenvalue weighted by molar-refractivity contribution is -0.121. The number of pyridine rings is 1. The fourth-order valence-corrected chi connectivity index (χ4v) is 3.00. The van der Waals surface area contributed by atoms with Crippen LogP contribution in [-0.4, -0.2) is 10.9 Å². The average Bonchev–Trinajstić information content (AvgIpc) is 2.69. The minimum Gasteiger partial charge on any atom is -0.345 e. The summed E-state index contributed by atoms with van der Waals surface area (Å²) < 4.78 is 0. The molecule has 0 aliphatic rings. The van der Waals surface area contributed by atoms with Gasteiger partial charge in [-0.2, -0.15) is 0 Å². The van der Waals surface area contributed by atoms with Crippen molar-refractivity contribution in [1.82, 2.24) is 10.3 Å². The van der Waals surface area contributed by atoms with E-state index in [9.17, 15) is 4.79 Å². The maximum Gasteiger partial charge on any atom is 0.220 e. The summed E-state index contributed by atoms with van der Waals surface area (Å²) in [6.45, 7) is 2.08. The fraction of sp³-hybridized carbons (Fsp3) is 0.217. The summed E-state index contributed by atoms with van der Waals surface area (Å²) >= 11 is 0. The number of aromatic nitrogens is 1. The Morgan fingerprint density at radius 2 is 1.58 bits per heavy atom. The van der Waals surface area contributed by atoms with Crippen molar-refractivity contribution in [3.8, 4) is 0 Å². The number of benzene rings is 2. The zero-order valence-corrected chi connectivity index (χ0v) is 15.1. The smallest absolute Gasteiger partial charge is 0.220 e. The maximum atomic E-state index is 12.5. The molecule has 132 valence electrons. The van der Waals surface area contributed by atoms with Crippen molar-refractivity contribution in [2.75, 3.05) is 0 Å². The van der Waals surface area contributed by atoms with Crippen LogP contribution in [0, 0.1) is 6.92 Å². The Balaban J connectivity index is 1.61. The van der Waals surface area contributed by atoms with Crippen molar-refractivity contribution in [2.45, 2.75) is 32.2 Å². The first kappa shape index (κ1) is 17.9. The van der Waals surface area contributed by atoms with Crippen LogP contribution < -0.4 is 5.32 Å². The van der Waals surface area contributed by atoms with Gasteiger partial charge in [0.15, 0.2) is 0 Å². The first-order valence-corrected chi connectivity index (χ1v) is 9.02. The van der Waals surface area contributed by atoms with E-state index in [-0.39, 0.29) is 11.9 Å². The fourth-order valence-electron chi connectivity index (χ4n) is 3.00. The van der Waals surface area contributed by atoms with Gasteiger partial charge in [0.05, 0.1) is 6.04 Å². The van der Waals surface area contributed by atoms with Crippen LogP contribution in [0.2, 0.25) is 0 Å². The highest BCUT2D eigenvalue weighted by molar-refractivity contribution is 5.77. The third-order valence-corrected chi connectivity index (χ3v) is 4.47. The Labute approximate surface area is 155 Å². The number of amides is 1. The van der Waals surface area contributed by atoms with Gasteiger partial charge in [0.25, 0.3) is 0 Å². The zero-order valence-electron chi connectivity index (χ0n) is 15.1. The van der Waals surface area contributed by atoms with Crippen LogP contribution in [-0.2, 0) is 11.2 Å². The number of rotatable bonds is 7. The number of carbonyl (C=O) groups excluding carboxylic acids is 1. The Hall–Kier alpha value is -2.94. The lowest BCUT2D eigenvalue weighted by Crippen LogP contribution is -2.29. The van der Waals surface area contributed by atoms with E-state index in [1.54, 1.807) is 12.4 Å². The van der Waals surface area contributed by atoms with E-state index < -0.39 is 0 Å². The van der Waals surface area contributed by atoms with Gasteiger partial charge in [0.1, 0.15) is 0 Å². The second kappa shape index (κ2) is 8.95. The molecule has 1 amide bonds. The summed E-state index contributed by atoms with van der Waals surface area (Å²) in [5.74, 6) is 0.0720. The van der Waals surface area contributed by atoms with Crippen LogP contribution >= 0.6 is 0 Å². The third-order valence-electron chi connectivity index (χ3n) is 4.47. The van der Waals surface area contributed by atoms with Gasteiger partial charge in [0.2, 0.25) is 5.91 Å². The Kier molecular flexibility index (Phi) is 6.15. The van der Waals surface area contributed by atoms with E-state index in [0.717, 1.165) is 24.0 Å². The highest BCUT2D eigenvalue weighted by Gasteiger charge is 2.16. The van der Waals surface area contributed by atoms with E-state index in [1.165, 1.54) is 11.1 Å². The van der Waals surface area contributed by atoms with Crippen molar-refractivity contribution < 1.29 is 4.79 Å². The van der Waals surface area contributed by atoms with Crippen LogP contribution in [0.3, 0.4) is 0 Å². The lowest BCUT2D eigenvalue weighted by atomic mass is 9.99. The summed E-state index contributed by atoms with van der Waals surface area (Å²) in [4.78, 5) is 16.6. The van der Waals surface area contributed by atoms with E-state index in [1.807, 2.05) is 42.5 Å². The highest BCUT2D eigenvalue weighted by atomic mass is 16.1. The predicted molar refractivity (Wildman–Crippen MR) is 105 cm³/mol. The molecule has 3 nitrogen and oxygen atoms in total. The number of carbonyl (C=O) groups is 1. The summed E-state index contributed by atoms with van der Waals surface area (Å²) in [7, 11) is 0. The molecule has 3 rings (SSSR count). The van der Waals surface area contributed by atoms with Crippen LogP contribution in [0.15, 0.2) is 79.1 Å². The molecule has 0 saturated heterocycles. The van der Waals surface area contributed by atoms with Gasteiger partial charge in [0, 0.05) is 18.8 Å². The van der Waals surface area contributed by atoms with Gasteiger partial charge in [-0.25, -0.2) is 0 Å². The lowest BCUT2D eigenvalue weighted by Gasteiger charge is -2.19. The minimum atomic E-state index is -0.147. The normalized spacial score (nSPS) is 11.7. The molecule has 0 fully saturated rings. The molecule has 26 heavy (non-hydrogen) atoms. The van der Waals surface area contributed by atoms with Crippen LogP contribution in [0.1, 0.15) is 41.1 Å². The SMILES string of the molecule is Cc1ccc(CCCC(=O)NC(c2ccccc2)c2ccncc2)cc1. The Bertz CT molecular complexity index is 774. The molecule has 3 aromatic rings. The number of nitrogens with zero attached hydrogens (tertiary/aromatic N) is 1. The Morgan fingerprint density at radius 3 is 2.27 bits per heavy atom. The number of aryl methyl sites for hydroxylation is 2. The van der Waals surface area contributed by atoms with E-state index in [0.29, 0.717) is 6.42 Å². The van der Waals surface area contributed by atoms with Crippen molar-refractivity contribution in [3.63, 3.8) is 0 Å². The summed E-state index contributed by atoms with van der Waals surface area (Å²) in [6.07, 6.45) is 5.79. The largest absolute Gasteiger partial charge is 0.345 e. The molecular formula is C23H24N2O. The highest BCUT2D eigenvalue weighted by Crippen LogP contribution is 2.21. The molecule has 0 spiro atoms. The van der Waals surface area contributed by atoms with E-state index in [4.69, 9.17) is 0 Å². The molecule has 0 saturated carbocycles.